The van der Waals surface area contributed by atoms with Crippen LogP contribution in [0.4, 0.5) is 0 Å². The molecule has 2 rings (SSSR count). The summed E-state index contributed by atoms with van der Waals surface area (Å²) in [6.07, 6.45) is 2.58. The summed E-state index contributed by atoms with van der Waals surface area (Å²) in [5.74, 6) is 0.897. The Balaban J connectivity index is 1.86. The third-order valence-electron chi connectivity index (χ3n) is 3.87. The highest BCUT2D eigenvalue weighted by molar-refractivity contribution is 6.60. The minimum Gasteiger partial charge on any atom is -0.377 e. The molecule has 0 fully saturated rings. The average molecular weight is 336 g/mol. The van der Waals surface area contributed by atoms with Crippen LogP contribution in [0.2, 0.25) is 6.04 Å². The van der Waals surface area contributed by atoms with Crippen LogP contribution in [0.15, 0.2) is 30.3 Å². The Hall–Kier alpha value is -1.61. The van der Waals surface area contributed by atoms with Gasteiger partial charge in [0.2, 0.25) is 0 Å². The highest BCUT2D eigenvalue weighted by Crippen LogP contribution is 2.16. The summed E-state index contributed by atoms with van der Waals surface area (Å²) in [6, 6.07) is 11.1. The van der Waals surface area contributed by atoms with E-state index < -0.39 is 8.80 Å². The Morgan fingerprint density at radius 1 is 1.00 bits per heavy atom. The first-order valence-electron chi connectivity index (χ1n) is 7.67. The lowest BCUT2D eigenvalue weighted by Gasteiger charge is -2.24. The molecule has 0 saturated carbocycles. The van der Waals surface area contributed by atoms with Crippen molar-refractivity contribution < 1.29 is 13.3 Å². The second kappa shape index (κ2) is 8.87. The van der Waals surface area contributed by atoms with Crippen molar-refractivity contribution in [1.29, 1.82) is 0 Å². The van der Waals surface area contributed by atoms with Gasteiger partial charge in [0.15, 0.2) is 5.82 Å². The predicted molar refractivity (Wildman–Crippen MR) is 87.9 cm³/mol. The molecule has 0 amide bonds. The molecule has 0 N–H and O–H groups in total. The molecule has 0 aliphatic carbocycles. The zero-order valence-electron chi connectivity index (χ0n) is 13.9. The second-order valence-electron chi connectivity index (χ2n) is 5.20. The van der Waals surface area contributed by atoms with Gasteiger partial charge in [-0.25, -0.2) is 4.68 Å². The van der Waals surface area contributed by atoms with Crippen LogP contribution in [0.5, 0.6) is 0 Å². The van der Waals surface area contributed by atoms with Crippen molar-refractivity contribution in [3.63, 3.8) is 0 Å². The Morgan fingerprint density at radius 3 is 2.35 bits per heavy atom. The van der Waals surface area contributed by atoms with Crippen molar-refractivity contribution in [1.82, 2.24) is 20.2 Å². The summed E-state index contributed by atoms with van der Waals surface area (Å²) in [4.78, 5) is 0. The van der Waals surface area contributed by atoms with E-state index in [9.17, 15) is 0 Å². The number of hydrogen-bond donors (Lipinski definition) is 0. The first kappa shape index (κ1) is 17.7. The van der Waals surface area contributed by atoms with Crippen molar-refractivity contribution in [2.24, 2.45) is 0 Å². The summed E-state index contributed by atoms with van der Waals surface area (Å²) in [6.45, 7) is 0.724. The summed E-state index contributed by atoms with van der Waals surface area (Å²) in [5.41, 5.74) is 1.28. The van der Waals surface area contributed by atoms with E-state index in [4.69, 9.17) is 13.3 Å². The van der Waals surface area contributed by atoms with Crippen LogP contribution in [0.25, 0.3) is 0 Å². The lowest BCUT2D eigenvalue weighted by Crippen LogP contribution is -2.42. The van der Waals surface area contributed by atoms with Crippen molar-refractivity contribution in [3.05, 3.63) is 41.7 Å². The maximum absolute atomic E-state index is 5.42. The van der Waals surface area contributed by atoms with Gasteiger partial charge < -0.3 is 13.3 Å². The molecule has 1 aromatic heterocycles. The zero-order chi connectivity index (χ0) is 16.5. The number of tetrazole rings is 1. The lowest BCUT2D eigenvalue weighted by molar-refractivity contribution is 0.122. The summed E-state index contributed by atoms with van der Waals surface area (Å²) < 4.78 is 18.1. The number of aryl methyl sites for hydroxylation is 3. The molecule has 0 aliphatic heterocycles. The molecular weight excluding hydrogens is 312 g/mol. The summed E-state index contributed by atoms with van der Waals surface area (Å²) in [7, 11) is 2.36. The number of benzene rings is 1. The largest absolute Gasteiger partial charge is 0.500 e. The van der Waals surface area contributed by atoms with Crippen LogP contribution < -0.4 is 0 Å². The second-order valence-corrected chi connectivity index (χ2v) is 8.29. The Bertz CT molecular complexity index is 567. The van der Waals surface area contributed by atoms with Crippen molar-refractivity contribution in [3.8, 4) is 0 Å². The highest BCUT2D eigenvalue weighted by atomic mass is 28.4. The van der Waals surface area contributed by atoms with Crippen LogP contribution in [0.3, 0.4) is 0 Å². The Kier molecular flexibility index (Phi) is 6.84. The molecular formula is C15H24N4O3Si. The maximum atomic E-state index is 5.42. The van der Waals surface area contributed by atoms with E-state index in [2.05, 4.69) is 27.7 Å². The minimum atomic E-state index is -2.52. The maximum Gasteiger partial charge on any atom is 0.500 e. The molecule has 0 unspecified atom stereocenters. The first-order valence-corrected chi connectivity index (χ1v) is 9.60. The van der Waals surface area contributed by atoms with Crippen molar-refractivity contribution >= 4 is 8.80 Å². The normalized spacial score (nSPS) is 11.8. The molecule has 8 heteroatoms. The Labute approximate surface area is 137 Å². The number of aromatic nitrogens is 4. The van der Waals surface area contributed by atoms with E-state index in [0.29, 0.717) is 0 Å². The molecule has 0 bridgehead atoms. The van der Waals surface area contributed by atoms with Gasteiger partial charge in [-0.15, -0.1) is 5.10 Å². The van der Waals surface area contributed by atoms with Gasteiger partial charge in [-0.1, -0.05) is 30.3 Å². The standard InChI is InChI=1S/C15H24N4O3Si/c1-20-23(21-2,22-3)13-7-12-19-15(16-17-18-19)11-10-14-8-5-4-6-9-14/h4-6,8-9H,7,10-13H2,1-3H3. The Morgan fingerprint density at radius 2 is 1.70 bits per heavy atom. The van der Waals surface area contributed by atoms with E-state index in [1.807, 2.05) is 22.9 Å². The molecule has 0 aliphatic rings. The molecule has 0 saturated heterocycles. The van der Waals surface area contributed by atoms with E-state index in [1.165, 1.54) is 5.56 Å². The fraction of sp³-hybridized carbons (Fsp3) is 0.533. The molecule has 0 radical (unpaired) electrons. The van der Waals surface area contributed by atoms with Crippen LogP contribution >= 0.6 is 0 Å². The number of rotatable bonds is 10. The van der Waals surface area contributed by atoms with Crippen LogP contribution in [0.1, 0.15) is 17.8 Å². The van der Waals surface area contributed by atoms with Gasteiger partial charge in [0.1, 0.15) is 0 Å². The summed E-state index contributed by atoms with van der Waals surface area (Å²) >= 11 is 0. The van der Waals surface area contributed by atoms with Crippen LogP contribution in [-0.4, -0.2) is 50.3 Å². The van der Waals surface area contributed by atoms with E-state index in [0.717, 1.165) is 37.7 Å². The fourth-order valence-corrected chi connectivity index (χ4v) is 4.18. The quantitative estimate of drug-likeness (QED) is 0.615. The van der Waals surface area contributed by atoms with Crippen molar-refractivity contribution in [2.45, 2.75) is 31.9 Å². The summed E-state index contributed by atoms with van der Waals surface area (Å²) in [5, 5.41) is 12.0. The van der Waals surface area contributed by atoms with E-state index >= 15 is 0 Å². The van der Waals surface area contributed by atoms with Crippen LogP contribution in [0, 0.1) is 0 Å². The fourth-order valence-electron chi connectivity index (χ4n) is 2.48. The van der Waals surface area contributed by atoms with Gasteiger partial charge in [-0.2, -0.15) is 0 Å². The third kappa shape index (κ3) is 4.93. The lowest BCUT2D eigenvalue weighted by atomic mass is 10.1. The molecule has 7 nitrogen and oxygen atoms in total. The first-order chi connectivity index (χ1) is 11.2. The molecule has 23 heavy (non-hydrogen) atoms. The topological polar surface area (TPSA) is 71.3 Å². The van der Waals surface area contributed by atoms with E-state index in [1.54, 1.807) is 21.3 Å². The molecule has 0 atom stereocenters. The number of nitrogens with zero attached hydrogens (tertiary/aromatic N) is 4. The van der Waals surface area contributed by atoms with Gasteiger partial charge >= 0.3 is 8.80 Å². The highest BCUT2D eigenvalue weighted by Gasteiger charge is 2.36. The van der Waals surface area contributed by atoms with Gasteiger partial charge in [0.05, 0.1) is 0 Å². The van der Waals surface area contributed by atoms with Gasteiger partial charge in [-0.3, -0.25) is 0 Å². The average Bonchev–Trinajstić information content (AvgIpc) is 3.06. The molecule has 1 aromatic carbocycles. The minimum absolute atomic E-state index is 0.724. The third-order valence-corrected chi connectivity index (χ3v) is 6.70. The molecule has 126 valence electrons. The van der Waals surface area contributed by atoms with Gasteiger partial charge in [0, 0.05) is 40.3 Å². The smallest absolute Gasteiger partial charge is 0.377 e. The molecule has 1 heterocycles. The molecule has 0 spiro atoms. The van der Waals surface area contributed by atoms with Gasteiger partial charge in [0.25, 0.3) is 0 Å². The van der Waals surface area contributed by atoms with Crippen LogP contribution in [-0.2, 0) is 32.7 Å². The SMILES string of the molecule is CO[Si](CCCn1nnnc1CCc1ccccc1)(OC)OC. The van der Waals surface area contributed by atoms with Crippen molar-refractivity contribution in [2.75, 3.05) is 21.3 Å². The molecule has 2 aromatic rings. The zero-order valence-corrected chi connectivity index (χ0v) is 14.9. The number of hydrogen-bond acceptors (Lipinski definition) is 6. The van der Waals surface area contributed by atoms with Gasteiger partial charge in [-0.05, 0) is 28.8 Å². The predicted octanol–water partition coefficient (Wildman–Crippen LogP) is 1.73. The van der Waals surface area contributed by atoms with E-state index in [-0.39, 0.29) is 0 Å². The monoisotopic (exact) mass is 336 g/mol.